The van der Waals surface area contributed by atoms with E-state index in [0.29, 0.717) is 17.9 Å². The Balaban J connectivity index is 1.64. The van der Waals surface area contributed by atoms with Crippen LogP contribution in [0.3, 0.4) is 0 Å². The van der Waals surface area contributed by atoms with Gasteiger partial charge in [0.05, 0.1) is 6.42 Å². The van der Waals surface area contributed by atoms with Crippen LogP contribution < -0.4 is 0 Å². The molecule has 4 nitrogen and oxygen atoms in total. The number of nitrogens with zero attached hydrogens (tertiary/aromatic N) is 1. The molecule has 0 aliphatic carbocycles. The molecule has 24 heavy (non-hydrogen) atoms. The van der Waals surface area contributed by atoms with Crippen molar-refractivity contribution in [2.45, 2.75) is 12.8 Å². The van der Waals surface area contributed by atoms with Gasteiger partial charge in [-0.1, -0.05) is 12.1 Å². The van der Waals surface area contributed by atoms with Gasteiger partial charge >= 0.3 is 0 Å². The minimum absolute atomic E-state index is 0.100. The van der Waals surface area contributed by atoms with Gasteiger partial charge in [-0.05, 0) is 42.0 Å². The van der Waals surface area contributed by atoms with Crippen molar-refractivity contribution in [2.24, 2.45) is 0 Å². The number of ketones is 2. The van der Waals surface area contributed by atoms with Gasteiger partial charge in [0.25, 0.3) is 0 Å². The van der Waals surface area contributed by atoms with Gasteiger partial charge in [0, 0.05) is 24.4 Å². The van der Waals surface area contributed by atoms with E-state index in [4.69, 9.17) is 4.42 Å². The normalized spacial score (nSPS) is 10.5. The molecule has 0 saturated heterocycles. The zero-order valence-corrected chi connectivity index (χ0v) is 12.7. The van der Waals surface area contributed by atoms with Crippen molar-refractivity contribution in [3.63, 3.8) is 0 Å². The number of hydrogen-bond acceptors (Lipinski definition) is 4. The molecule has 0 atom stereocenters. The summed E-state index contributed by atoms with van der Waals surface area (Å²) in [5.74, 6) is -0.351. The largest absolute Gasteiger partial charge is 0.465 e. The van der Waals surface area contributed by atoms with Gasteiger partial charge in [-0.2, -0.15) is 0 Å². The first-order valence-electron chi connectivity index (χ1n) is 7.41. The molecule has 120 valence electrons. The molecule has 5 heteroatoms. The number of furan rings is 1. The number of rotatable bonds is 6. The Kier molecular flexibility index (Phi) is 4.61. The van der Waals surface area contributed by atoms with Crippen molar-refractivity contribution in [1.29, 1.82) is 0 Å². The predicted molar refractivity (Wildman–Crippen MR) is 85.2 cm³/mol. The molecule has 1 aromatic carbocycles. The summed E-state index contributed by atoms with van der Waals surface area (Å²) in [6, 6.07) is 12.7. The average Bonchev–Trinajstić information content (AvgIpc) is 3.04. The monoisotopic (exact) mass is 323 g/mol. The second-order valence-electron chi connectivity index (χ2n) is 5.34. The molecule has 0 saturated carbocycles. The molecule has 0 fully saturated rings. The van der Waals surface area contributed by atoms with Gasteiger partial charge < -0.3 is 4.42 Å². The van der Waals surface area contributed by atoms with Gasteiger partial charge in [-0.15, -0.1) is 0 Å². The second kappa shape index (κ2) is 7.00. The highest BCUT2D eigenvalue weighted by Crippen LogP contribution is 2.15. The van der Waals surface area contributed by atoms with E-state index in [1.165, 1.54) is 24.5 Å². The number of carbonyl (C=O) groups is 2. The van der Waals surface area contributed by atoms with Crippen LogP contribution in [0.25, 0.3) is 0 Å². The lowest BCUT2D eigenvalue weighted by atomic mass is 10.1. The van der Waals surface area contributed by atoms with E-state index in [1.54, 1.807) is 36.4 Å². The lowest BCUT2D eigenvalue weighted by Gasteiger charge is -2.00. The summed E-state index contributed by atoms with van der Waals surface area (Å²) in [5.41, 5.74) is 1.16. The van der Waals surface area contributed by atoms with Crippen molar-refractivity contribution in [2.75, 3.05) is 0 Å². The minimum atomic E-state index is -0.584. The number of Topliss-reactive ketones (excluding diaryl/α,β-unsaturated/α-hetero) is 2. The molecule has 0 spiro atoms. The number of benzene rings is 1. The summed E-state index contributed by atoms with van der Waals surface area (Å²) in [7, 11) is 0. The first-order chi connectivity index (χ1) is 11.6. The fourth-order valence-electron chi connectivity index (χ4n) is 2.31. The minimum Gasteiger partial charge on any atom is -0.465 e. The van der Waals surface area contributed by atoms with E-state index >= 15 is 0 Å². The molecule has 0 N–H and O–H groups in total. The SMILES string of the molecule is O=C(Cc1ccc(Cc2ccc(F)cc2)o1)C(=O)c1cccnc1. The quantitative estimate of drug-likeness (QED) is 0.515. The van der Waals surface area contributed by atoms with Crippen molar-refractivity contribution in [3.8, 4) is 0 Å². The molecule has 2 heterocycles. The molecule has 3 aromatic rings. The molecule has 0 aliphatic heterocycles. The number of aromatic nitrogens is 1. The third kappa shape index (κ3) is 3.81. The predicted octanol–water partition coefficient (Wildman–Crippen LogP) is 3.40. The highest BCUT2D eigenvalue weighted by molar-refractivity contribution is 6.43. The molecular formula is C19H14FNO3. The number of hydrogen-bond donors (Lipinski definition) is 0. The number of halogens is 1. The van der Waals surface area contributed by atoms with E-state index < -0.39 is 11.6 Å². The molecule has 2 aromatic heterocycles. The maximum Gasteiger partial charge on any atom is 0.230 e. The Morgan fingerprint density at radius 3 is 2.46 bits per heavy atom. The number of pyridine rings is 1. The van der Waals surface area contributed by atoms with Crippen molar-refractivity contribution in [1.82, 2.24) is 4.98 Å². The van der Waals surface area contributed by atoms with Crippen LogP contribution in [0, 0.1) is 5.82 Å². The second-order valence-corrected chi connectivity index (χ2v) is 5.34. The zero-order valence-electron chi connectivity index (χ0n) is 12.7. The molecule has 0 aliphatic rings. The summed E-state index contributed by atoms with van der Waals surface area (Å²) < 4.78 is 18.5. The Bertz CT molecular complexity index is 854. The van der Waals surface area contributed by atoms with Crippen LogP contribution in [0.5, 0.6) is 0 Å². The van der Waals surface area contributed by atoms with Crippen LogP contribution in [-0.2, 0) is 17.6 Å². The molecule has 0 amide bonds. The first kappa shape index (κ1) is 15.8. The smallest absolute Gasteiger partial charge is 0.230 e. The summed E-state index contributed by atoms with van der Waals surface area (Å²) in [4.78, 5) is 27.9. The van der Waals surface area contributed by atoms with Crippen LogP contribution in [0.2, 0.25) is 0 Å². The van der Waals surface area contributed by atoms with Crippen LogP contribution in [0.1, 0.15) is 27.4 Å². The Morgan fingerprint density at radius 1 is 1.00 bits per heavy atom. The van der Waals surface area contributed by atoms with Crippen LogP contribution in [-0.4, -0.2) is 16.6 Å². The highest BCUT2D eigenvalue weighted by atomic mass is 19.1. The van der Waals surface area contributed by atoms with Crippen LogP contribution >= 0.6 is 0 Å². The van der Waals surface area contributed by atoms with Crippen LogP contribution in [0.15, 0.2) is 65.3 Å². The van der Waals surface area contributed by atoms with Crippen LogP contribution in [0.4, 0.5) is 4.39 Å². The van der Waals surface area contributed by atoms with Crippen molar-refractivity contribution < 1.29 is 18.4 Å². The zero-order chi connectivity index (χ0) is 16.9. The molecule has 0 radical (unpaired) electrons. The summed E-state index contributed by atoms with van der Waals surface area (Å²) in [6.07, 6.45) is 3.29. The highest BCUT2D eigenvalue weighted by Gasteiger charge is 2.18. The molecule has 0 bridgehead atoms. The Hall–Kier alpha value is -3.08. The maximum atomic E-state index is 12.9. The van der Waals surface area contributed by atoms with Gasteiger partial charge in [-0.3, -0.25) is 14.6 Å². The molecule has 3 rings (SSSR count). The number of carbonyl (C=O) groups excluding carboxylic acids is 2. The Morgan fingerprint density at radius 2 is 1.75 bits per heavy atom. The summed E-state index contributed by atoms with van der Waals surface area (Å²) in [5, 5.41) is 0. The van der Waals surface area contributed by atoms with E-state index in [-0.39, 0.29) is 17.8 Å². The van der Waals surface area contributed by atoms with Gasteiger partial charge in [-0.25, -0.2) is 4.39 Å². The summed E-state index contributed by atoms with van der Waals surface area (Å²) >= 11 is 0. The van der Waals surface area contributed by atoms with Gasteiger partial charge in [0.2, 0.25) is 11.6 Å². The van der Waals surface area contributed by atoms with Crippen molar-refractivity contribution in [3.05, 3.63) is 89.4 Å². The first-order valence-corrected chi connectivity index (χ1v) is 7.41. The topological polar surface area (TPSA) is 60.2 Å². The Labute approximate surface area is 138 Å². The molecule has 0 unspecified atom stereocenters. The summed E-state index contributed by atoms with van der Waals surface area (Å²) in [6.45, 7) is 0. The third-order valence-corrected chi connectivity index (χ3v) is 3.52. The lowest BCUT2D eigenvalue weighted by molar-refractivity contribution is -0.114. The van der Waals surface area contributed by atoms with Gasteiger partial charge in [0.1, 0.15) is 17.3 Å². The standard InChI is InChI=1S/C19H14FNO3/c20-15-5-3-13(4-6-15)10-16-7-8-17(24-16)11-18(22)19(23)14-2-1-9-21-12-14/h1-9,12H,10-11H2. The maximum absolute atomic E-state index is 12.9. The fraction of sp³-hybridized carbons (Fsp3) is 0.105. The van der Waals surface area contributed by atoms with Gasteiger partial charge in [0.15, 0.2) is 0 Å². The van der Waals surface area contributed by atoms with E-state index in [2.05, 4.69) is 4.98 Å². The third-order valence-electron chi connectivity index (χ3n) is 3.52. The fourth-order valence-corrected chi connectivity index (χ4v) is 2.31. The molecular weight excluding hydrogens is 309 g/mol. The van der Waals surface area contributed by atoms with Crippen molar-refractivity contribution >= 4 is 11.6 Å². The van der Waals surface area contributed by atoms with E-state index in [0.717, 1.165) is 5.56 Å². The average molecular weight is 323 g/mol. The van der Waals surface area contributed by atoms with E-state index in [9.17, 15) is 14.0 Å². The van der Waals surface area contributed by atoms with E-state index in [1.807, 2.05) is 0 Å². The lowest BCUT2D eigenvalue weighted by Crippen LogP contribution is -2.16.